The van der Waals surface area contributed by atoms with Crippen LogP contribution in [-0.2, 0) is 22.2 Å². The standard InChI is InChI=1S/C23H22F6O3S/c1-21(2,33(31,32)19-5-3-4-17(13-19)23(27,28)29)18-10-14(11-18)12-20(30)15-6-8-16(9-7-15)22(24,25)26/h3-9,13-14,18H,10-12H2,1-2H3. The van der Waals surface area contributed by atoms with Gasteiger partial charge in [-0.25, -0.2) is 8.42 Å². The average molecular weight is 492 g/mol. The molecule has 0 atom stereocenters. The lowest BCUT2D eigenvalue weighted by Crippen LogP contribution is -2.46. The predicted molar refractivity (Wildman–Crippen MR) is 109 cm³/mol. The van der Waals surface area contributed by atoms with Crippen molar-refractivity contribution in [3.63, 3.8) is 0 Å². The molecule has 3 rings (SSSR count). The molecule has 180 valence electrons. The molecule has 3 nitrogen and oxygen atoms in total. The molecule has 0 bridgehead atoms. The van der Waals surface area contributed by atoms with Crippen molar-refractivity contribution in [3.8, 4) is 0 Å². The summed E-state index contributed by atoms with van der Waals surface area (Å²) in [6.07, 6.45) is -8.37. The Kier molecular flexibility index (Phi) is 6.47. The number of carbonyl (C=O) groups excluding carboxylic acids is 1. The zero-order valence-corrected chi connectivity index (χ0v) is 18.6. The monoisotopic (exact) mass is 492 g/mol. The SMILES string of the molecule is CC(C)(C1CC(CC(=O)c2ccc(C(F)(F)F)cc2)C1)S(=O)(=O)c1cccc(C(F)(F)F)c1. The molecule has 0 aliphatic heterocycles. The van der Waals surface area contributed by atoms with Gasteiger partial charge in [0.15, 0.2) is 15.6 Å². The van der Waals surface area contributed by atoms with Crippen LogP contribution in [0.5, 0.6) is 0 Å². The van der Waals surface area contributed by atoms with Crippen LogP contribution in [-0.4, -0.2) is 18.9 Å². The number of alkyl halides is 6. The van der Waals surface area contributed by atoms with Gasteiger partial charge in [-0.3, -0.25) is 4.79 Å². The Bertz CT molecular complexity index is 1130. The number of rotatable bonds is 6. The second kappa shape index (κ2) is 8.45. The van der Waals surface area contributed by atoms with E-state index in [-0.39, 0.29) is 29.6 Å². The van der Waals surface area contributed by atoms with Gasteiger partial charge in [-0.1, -0.05) is 18.2 Å². The topological polar surface area (TPSA) is 51.2 Å². The molecule has 0 saturated heterocycles. The zero-order chi connectivity index (χ0) is 24.8. The van der Waals surface area contributed by atoms with Crippen LogP contribution in [0.4, 0.5) is 26.3 Å². The van der Waals surface area contributed by atoms with Gasteiger partial charge < -0.3 is 0 Å². The molecule has 0 spiro atoms. The summed E-state index contributed by atoms with van der Waals surface area (Å²) >= 11 is 0. The summed E-state index contributed by atoms with van der Waals surface area (Å²) in [6.45, 7) is 2.92. The molecule has 33 heavy (non-hydrogen) atoms. The van der Waals surface area contributed by atoms with E-state index in [9.17, 15) is 39.6 Å². The van der Waals surface area contributed by atoms with Crippen LogP contribution in [0.1, 0.15) is 54.6 Å². The Balaban J connectivity index is 1.66. The summed E-state index contributed by atoms with van der Waals surface area (Å²) in [6, 6.07) is 7.52. The van der Waals surface area contributed by atoms with E-state index in [1.165, 1.54) is 13.8 Å². The maximum atomic E-state index is 13.1. The van der Waals surface area contributed by atoms with Crippen molar-refractivity contribution in [2.75, 3.05) is 0 Å². The van der Waals surface area contributed by atoms with E-state index in [1.54, 1.807) is 0 Å². The predicted octanol–water partition coefficient (Wildman–Crippen LogP) is 6.58. The van der Waals surface area contributed by atoms with E-state index >= 15 is 0 Å². The number of ketones is 1. The summed E-state index contributed by atoms with van der Waals surface area (Å²) in [4.78, 5) is 12.0. The molecule has 10 heteroatoms. The number of carbonyl (C=O) groups is 1. The van der Waals surface area contributed by atoms with E-state index in [1.807, 2.05) is 0 Å². The molecule has 2 aromatic carbocycles. The third-order valence-electron chi connectivity index (χ3n) is 6.39. The van der Waals surface area contributed by atoms with Crippen molar-refractivity contribution in [2.24, 2.45) is 11.8 Å². The first-order chi connectivity index (χ1) is 15.0. The van der Waals surface area contributed by atoms with Gasteiger partial charge >= 0.3 is 12.4 Å². The molecule has 1 aliphatic carbocycles. The summed E-state index contributed by atoms with van der Waals surface area (Å²) in [5.41, 5.74) is -1.76. The molecule has 0 aromatic heterocycles. The lowest BCUT2D eigenvalue weighted by Gasteiger charge is -2.44. The lowest BCUT2D eigenvalue weighted by molar-refractivity contribution is -0.138. The molecule has 0 heterocycles. The van der Waals surface area contributed by atoms with Crippen LogP contribution in [0, 0.1) is 11.8 Å². The summed E-state index contributed by atoms with van der Waals surface area (Å²) < 4.78 is 102. The molecule has 1 fully saturated rings. The first-order valence-electron chi connectivity index (χ1n) is 10.2. The van der Waals surface area contributed by atoms with Crippen molar-refractivity contribution in [2.45, 2.75) is 55.1 Å². The van der Waals surface area contributed by atoms with Gasteiger partial charge in [0.25, 0.3) is 0 Å². The highest BCUT2D eigenvalue weighted by Crippen LogP contribution is 2.48. The van der Waals surface area contributed by atoms with Crippen LogP contribution in [0.3, 0.4) is 0 Å². The van der Waals surface area contributed by atoms with Gasteiger partial charge in [0.2, 0.25) is 0 Å². The molecule has 0 unspecified atom stereocenters. The van der Waals surface area contributed by atoms with Gasteiger partial charge in [0, 0.05) is 12.0 Å². The van der Waals surface area contributed by atoms with E-state index in [2.05, 4.69) is 0 Å². The van der Waals surface area contributed by atoms with E-state index in [0.29, 0.717) is 18.9 Å². The Morgan fingerprint density at radius 1 is 0.879 bits per heavy atom. The highest BCUT2D eigenvalue weighted by atomic mass is 32.2. The van der Waals surface area contributed by atoms with Crippen LogP contribution >= 0.6 is 0 Å². The van der Waals surface area contributed by atoms with Crippen molar-refractivity contribution in [3.05, 3.63) is 65.2 Å². The summed E-state index contributed by atoms with van der Waals surface area (Å²) in [5, 5.41) is 0. The number of benzene rings is 2. The van der Waals surface area contributed by atoms with Crippen LogP contribution in [0.2, 0.25) is 0 Å². The number of hydrogen-bond donors (Lipinski definition) is 0. The second-order valence-electron chi connectivity index (χ2n) is 8.87. The third-order valence-corrected chi connectivity index (χ3v) is 8.98. The van der Waals surface area contributed by atoms with Crippen molar-refractivity contribution >= 4 is 15.6 Å². The fourth-order valence-electron chi connectivity index (χ4n) is 4.06. The molecule has 0 N–H and O–H groups in total. The largest absolute Gasteiger partial charge is 0.416 e. The Labute approximate surface area is 187 Å². The molecule has 0 amide bonds. The van der Waals surface area contributed by atoms with E-state index in [4.69, 9.17) is 0 Å². The highest BCUT2D eigenvalue weighted by molar-refractivity contribution is 7.92. The number of sulfone groups is 1. The highest BCUT2D eigenvalue weighted by Gasteiger charge is 2.49. The van der Waals surface area contributed by atoms with Crippen molar-refractivity contribution in [1.29, 1.82) is 0 Å². The van der Waals surface area contributed by atoms with Gasteiger partial charge in [-0.2, -0.15) is 26.3 Å². The first-order valence-corrected chi connectivity index (χ1v) is 11.6. The van der Waals surface area contributed by atoms with Gasteiger partial charge in [-0.15, -0.1) is 0 Å². The molecular formula is C23H22F6O3S. The normalized spacial score (nSPS) is 19.8. The smallest absolute Gasteiger partial charge is 0.294 e. The van der Waals surface area contributed by atoms with Gasteiger partial charge in [-0.05, 0) is 68.9 Å². The maximum absolute atomic E-state index is 13.1. The minimum atomic E-state index is -4.67. The quantitative estimate of drug-likeness (QED) is 0.338. The summed E-state index contributed by atoms with van der Waals surface area (Å²) in [7, 11) is -4.10. The molecular weight excluding hydrogens is 470 g/mol. The lowest BCUT2D eigenvalue weighted by atomic mass is 9.67. The van der Waals surface area contributed by atoms with Crippen molar-refractivity contribution in [1.82, 2.24) is 0 Å². The number of halogens is 6. The molecule has 1 aliphatic rings. The minimum Gasteiger partial charge on any atom is -0.294 e. The second-order valence-corrected chi connectivity index (χ2v) is 11.4. The van der Waals surface area contributed by atoms with Crippen LogP contribution in [0.25, 0.3) is 0 Å². The fraction of sp³-hybridized carbons (Fsp3) is 0.435. The minimum absolute atomic E-state index is 0.0571. The van der Waals surface area contributed by atoms with Gasteiger partial charge in [0.1, 0.15) is 0 Å². The first kappa shape index (κ1) is 25.3. The molecule has 1 saturated carbocycles. The molecule has 2 aromatic rings. The Morgan fingerprint density at radius 3 is 1.94 bits per heavy atom. The molecule has 0 radical (unpaired) electrons. The third kappa shape index (κ3) is 5.10. The van der Waals surface area contributed by atoms with Crippen LogP contribution in [0.15, 0.2) is 53.4 Å². The van der Waals surface area contributed by atoms with Crippen molar-refractivity contribution < 1.29 is 39.6 Å². The fourth-order valence-corrected chi connectivity index (χ4v) is 5.84. The maximum Gasteiger partial charge on any atom is 0.416 e. The number of hydrogen-bond acceptors (Lipinski definition) is 3. The Morgan fingerprint density at radius 2 is 1.42 bits per heavy atom. The Hall–Kier alpha value is -2.36. The van der Waals surface area contributed by atoms with E-state index < -0.39 is 43.0 Å². The summed E-state index contributed by atoms with van der Waals surface area (Å²) in [5.74, 6) is -0.867. The zero-order valence-electron chi connectivity index (χ0n) is 17.8. The van der Waals surface area contributed by atoms with E-state index in [0.717, 1.165) is 42.5 Å². The number of Topliss-reactive ketones (excluding diaryl/α,β-unsaturated/α-hetero) is 1. The van der Waals surface area contributed by atoms with Gasteiger partial charge in [0.05, 0.1) is 20.8 Å². The average Bonchev–Trinajstić information content (AvgIpc) is 2.68. The van der Waals surface area contributed by atoms with Crippen LogP contribution < -0.4 is 0 Å².